The van der Waals surface area contributed by atoms with Gasteiger partial charge in [-0.1, -0.05) is 19.6 Å². The van der Waals surface area contributed by atoms with E-state index in [1.807, 2.05) is 0 Å². The van der Waals surface area contributed by atoms with Gasteiger partial charge in [0.25, 0.3) is 0 Å². The van der Waals surface area contributed by atoms with Crippen LogP contribution in [0.2, 0.25) is 0 Å². The first-order valence-electron chi connectivity index (χ1n) is 8.61. The van der Waals surface area contributed by atoms with Crippen molar-refractivity contribution in [3.05, 3.63) is 24.3 Å². The number of unbranched alkanes of at least 4 members (excludes halogenated alkanes) is 2. The van der Waals surface area contributed by atoms with Gasteiger partial charge in [-0.3, -0.25) is 18.7 Å². The van der Waals surface area contributed by atoms with Crippen LogP contribution < -0.4 is 10.6 Å². The monoisotopic (exact) mass is 418 g/mol. The van der Waals surface area contributed by atoms with E-state index in [4.69, 9.17) is 9.26 Å². The lowest BCUT2D eigenvalue weighted by molar-refractivity contribution is -0.118. The highest BCUT2D eigenvalue weighted by Gasteiger charge is 2.14. The average Bonchev–Trinajstić information content (AvgIpc) is 2.63. The lowest BCUT2D eigenvalue weighted by atomic mass is 10.2. The molecule has 2 N–H and O–H groups in total. The van der Waals surface area contributed by atoms with Crippen LogP contribution in [-0.4, -0.2) is 43.5 Å². The molecule has 27 heavy (non-hydrogen) atoms. The Morgan fingerprint density at radius 3 is 1.96 bits per heavy atom. The molecule has 2 amide bonds. The molecule has 8 nitrogen and oxygen atoms in total. The molecule has 0 saturated heterocycles. The van der Waals surface area contributed by atoms with Crippen molar-refractivity contribution in [2.45, 2.75) is 51.5 Å². The van der Waals surface area contributed by atoms with E-state index in [-0.39, 0.29) is 39.5 Å². The van der Waals surface area contributed by atoms with E-state index >= 15 is 0 Å². The smallest absolute Gasteiger partial charge is 0.328 e. The first-order chi connectivity index (χ1) is 12.8. The molecule has 0 aliphatic rings. The molecule has 0 spiro atoms. The number of carbonyl (C=O) groups excluding carboxylic acids is 2. The Morgan fingerprint density at radius 1 is 0.963 bits per heavy atom. The van der Waals surface area contributed by atoms with Crippen LogP contribution in [0.25, 0.3) is 0 Å². The molecule has 0 heterocycles. The number of rotatable bonds is 16. The Morgan fingerprint density at radius 2 is 1.52 bits per heavy atom. The van der Waals surface area contributed by atoms with Gasteiger partial charge in [0.05, 0.1) is 6.10 Å². The van der Waals surface area contributed by atoms with Crippen molar-refractivity contribution in [2.75, 3.05) is 19.7 Å². The van der Waals surface area contributed by atoms with Gasteiger partial charge in [-0.15, -0.1) is 0 Å². The van der Waals surface area contributed by atoms with Gasteiger partial charge in [-0.25, -0.2) is 4.57 Å². The fraction of sp³-hybridized carbons (Fsp3) is 0.647. The quantitative estimate of drug-likeness (QED) is 0.226. The maximum atomic E-state index is 11.6. The summed E-state index contributed by atoms with van der Waals surface area (Å²) in [5, 5.41) is 5.41. The van der Waals surface area contributed by atoms with Crippen molar-refractivity contribution < 1.29 is 28.0 Å². The van der Waals surface area contributed by atoms with E-state index in [0.29, 0.717) is 24.2 Å². The van der Waals surface area contributed by atoms with Crippen LogP contribution in [0.3, 0.4) is 0 Å². The van der Waals surface area contributed by atoms with Crippen molar-refractivity contribution in [1.29, 1.82) is 0 Å². The zero-order chi connectivity index (χ0) is 20.7. The summed E-state index contributed by atoms with van der Waals surface area (Å²) >= 11 is 0. The summed E-state index contributed by atoms with van der Waals surface area (Å²) < 4.78 is 31.6. The minimum absolute atomic E-state index is 0.185. The second kappa shape index (κ2) is 15.6. The fourth-order valence-electron chi connectivity index (χ4n) is 1.93. The second-order valence-electron chi connectivity index (χ2n) is 6.06. The summed E-state index contributed by atoms with van der Waals surface area (Å²) in [5.41, 5.74) is 0.790. The van der Waals surface area contributed by atoms with Crippen LogP contribution in [0.1, 0.15) is 39.5 Å². The first kappa shape index (κ1) is 25.5. The number of amides is 2. The van der Waals surface area contributed by atoms with Crippen molar-refractivity contribution in [3.8, 4) is 0 Å². The van der Waals surface area contributed by atoms with Gasteiger partial charge >= 0.3 is 8.69 Å². The van der Waals surface area contributed by atoms with Crippen LogP contribution in [0.4, 0.5) is 0 Å². The molecule has 152 valence electrons. The molecule has 1 atom stereocenters. The summed E-state index contributed by atoms with van der Waals surface area (Å²) in [7, 11) is -0.663. The zero-order valence-corrected chi connectivity index (χ0v) is 17.7. The van der Waals surface area contributed by atoms with E-state index in [0.717, 1.165) is 19.3 Å². The number of hydrogen-bond acceptors (Lipinski definition) is 6. The van der Waals surface area contributed by atoms with E-state index in [1.165, 1.54) is 0 Å². The predicted octanol–water partition coefficient (Wildman–Crippen LogP) is 3.16. The molecule has 0 aromatic heterocycles. The summed E-state index contributed by atoms with van der Waals surface area (Å²) in [6, 6.07) is 0. The molecular weight excluding hydrogens is 390 g/mol. The highest BCUT2D eigenvalue weighted by Crippen LogP contribution is 2.20. The Labute approximate surface area is 163 Å². The third kappa shape index (κ3) is 13.4. The highest BCUT2D eigenvalue weighted by molar-refractivity contribution is 7.26. The number of hydrogen-bond donors (Lipinski definition) is 2. The Kier molecular flexibility index (Phi) is 14.7. The molecule has 0 aromatic rings. The van der Waals surface area contributed by atoms with Gasteiger partial charge in [0, 0.05) is 30.8 Å². The van der Waals surface area contributed by atoms with Gasteiger partial charge in [0.2, 0.25) is 11.8 Å². The van der Waals surface area contributed by atoms with Gasteiger partial charge < -0.3 is 15.4 Å². The largest absolute Gasteiger partial charge is 0.375 e. The van der Waals surface area contributed by atoms with Gasteiger partial charge in [0.15, 0.2) is 14.3 Å². The molecule has 0 fully saturated rings. The fourth-order valence-corrected chi connectivity index (χ4v) is 2.69. The Hall–Kier alpha value is -1.46. The van der Waals surface area contributed by atoms with Crippen molar-refractivity contribution in [2.24, 2.45) is 0 Å². The predicted molar refractivity (Wildman–Crippen MR) is 104 cm³/mol. The normalized spacial score (nSPS) is 12.1. The molecular formula is C17H28N2O6P2. The Bertz CT molecular complexity index is 512. The van der Waals surface area contributed by atoms with Crippen LogP contribution >= 0.6 is 17.1 Å². The average molecular weight is 418 g/mol. The Balaban J connectivity index is 4.24. The van der Waals surface area contributed by atoms with Crippen LogP contribution in [0, 0.1) is 0 Å². The summed E-state index contributed by atoms with van der Waals surface area (Å²) in [4.78, 5) is 23.3. The molecule has 1 unspecified atom stereocenters. The topological polar surface area (TPSA) is 111 Å². The molecule has 10 heteroatoms. The molecule has 0 aliphatic heterocycles. The summed E-state index contributed by atoms with van der Waals surface area (Å²) in [6.07, 6.45) is 2.47. The maximum absolute atomic E-state index is 11.6. The van der Waals surface area contributed by atoms with Crippen molar-refractivity contribution >= 4 is 29.0 Å². The molecule has 0 bridgehead atoms. The second-order valence-corrected chi connectivity index (χ2v) is 7.21. The number of carbonyl (C=O) groups is 2. The lowest BCUT2D eigenvalue weighted by Gasteiger charge is -2.19. The van der Waals surface area contributed by atoms with Crippen molar-refractivity contribution in [3.63, 3.8) is 0 Å². The van der Waals surface area contributed by atoms with E-state index < -0.39 is 14.5 Å². The lowest BCUT2D eigenvalue weighted by Crippen LogP contribution is -2.42. The zero-order valence-electron chi connectivity index (χ0n) is 15.9. The van der Waals surface area contributed by atoms with E-state index in [2.05, 4.69) is 23.8 Å². The molecule has 0 saturated carbocycles. The summed E-state index contributed by atoms with van der Waals surface area (Å²) in [6.45, 7) is 11.3. The highest BCUT2D eigenvalue weighted by atomic mass is 31.1. The van der Waals surface area contributed by atoms with Crippen LogP contribution in [0.15, 0.2) is 24.3 Å². The minimum Gasteiger partial charge on any atom is -0.375 e. The molecule has 0 radical (unpaired) electrons. The summed E-state index contributed by atoms with van der Waals surface area (Å²) in [5.74, 6) is -1.10. The molecule has 0 aliphatic carbocycles. The minimum atomic E-state index is -0.562. The van der Waals surface area contributed by atoms with E-state index in [9.17, 15) is 18.7 Å². The van der Waals surface area contributed by atoms with Crippen LogP contribution in [-0.2, 0) is 28.0 Å². The van der Waals surface area contributed by atoms with Gasteiger partial charge in [-0.2, -0.15) is 0 Å². The third-order valence-electron chi connectivity index (χ3n) is 3.49. The maximum Gasteiger partial charge on any atom is 0.328 e. The van der Waals surface area contributed by atoms with Crippen molar-refractivity contribution in [1.82, 2.24) is 10.6 Å². The number of nitrogens with one attached hydrogen (secondary N) is 2. The third-order valence-corrected chi connectivity index (χ3v) is 4.59. The molecule has 0 aromatic carbocycles. The van der Waals surface area contributed by atoms with Crippen LogP contribution in [0.5, 0.6) is 0 Å². The molecule has 0 rings (SSSR count). The SMILES string of the molecule is C=C(C)C(=O)NCC(CNC(=O)C(=C)C)OCCCCCC(OP=O)P=O. The van der Waals surface area contributed by atoms with Gasteiger partial charge in [0.1, 0.15) is 0 Å². The number of ether oxygens (including phenoxy) is 1. The van der Waals surface area contributed by atoms with Gasteiger partial charge in [-0.05, 0) is 33.1 Å². The standard InChI is InChI=1S/C17H28N2O6P2/c1-12(2)16(20)18-10-14(11-19-17(21)13(3)4)24-9-7-5-6-8-15(26-22)25-27-23/h14-15H,1,3,5-11H2,2,4H3,(H,18,20)(H,19,21). The van der Waals surface area contributed by atoms with E-state index in [1.54, 1.807) is 13.8 Å². The first-order valence-corrected chi connectivity index (χ1v) is 10.2.